The molecule has 0 N–H and O–H groups in total. The molecule has 2 nitrogen and oxygen atoms in total. The standard InChI is InChI=1S/C16H29BO2/c1-10(2)7-11(3)17-18-14-9-12-8-13(15(12,4)5)16(14,6)19-17/h10-14H,7-9H2,1-6H3/t11-,12-,13-,14?,16-/m0/s1. The Kier molecular flexibility index (Phi) is 3.11. The van der Waals surface area contributed by atoms with Crippen LogP contribution in [0.3, 0.4) is 0 Å². The van der Waals surface area contributed by atoms with Crippen LogP contribution in [-0.2, 0) is 9.31 Å². The van der Waals surface area contributed by atoms with Gasteiger partial charge in [-0.15, -0.1) is 0 Å². The van der Waals surface area contributed by atoms with Crippen molar-refractivity contribution in [3.05, 3.63) is 0 Å². The van der Waals surface area contributed by atoms with E-state index in [0.717, 1.165) is 5.92 Å². The van der Waals surface area contributed by atoms with Gasteiger partial charge in [-0.25, -0.2) is 0 Å². The summed E-state index contributed by atoms with van der Waals surface area (Å²) >= 11 is 0. The zero-order chi connectivity index (χ0) is 14.0. The normalized spacial score (nSPS) is 45.0. The molecule has 0 amide bonds. The average Bonchev–Trinajstić information content (AvgIpc) is 2.64. The van der Waals surface area contributed by atoms with E-state index in [4.69, 9.17) is 9.31 Å². The first-order chi connectivity index (χ1) is 8.75. The van der Waals surface area contributed by atoms with Gasteiger partial charge in [0.15, 0.2) is 0 Å². The molecule has 3 aliphatic carbocycles. The van der Waals surface area contributed by atoms with Gasteiger partial charge >= 0.3 is 7.12 Å². The van der Waals surface area contributed by atoms with Crippen LogP contribution < -0.4 is 0 Å². The van der Waals surface area contributed by atoms with Crippen LogP contribution in [0.5, 0.6) is 0 Å². The third-order valence-corrected chi connectivity index (χ3v) is 6.28. The maximum Gasteiger partial charge on any atom is 0.460 e. The Morgan fingerprint density at radius 2 is 1.84 bits per heavy atom. The molecule has 1 heterocycles. The van der Waals surface area contributed by atoms with Crippen molar-refractivity contribution in [2.75, 3.05) is 0 Å². The molecule has 0 aromatic carbocycles. The lowest BCUT2D eigenvalue weighted by molar-refractivity contribution is -0.199. The van der Waals surface area contributed by atoms with Gasteiger partial charge in [-0.1, -0.05) is 34.6 Å². The SMILES string of the molecule is CC(C)C[C@H](C)B1OC2C[C@@H]3C[C@@H](C3(C)C)[C@]2(C)O1. The van der Waals surface area contributed by atoms with Crippen LogP contribution in [0.1, 0.15) is 60.8 Å². The lowest BCUT2D eigenvalue weighted by Gasteiger charge is -2.64. The van der Waals surface area contributed by atoms with E-state index in [9.17, 15) is 0 Å². The molecule has 0 aromatic rings. The molecular formula is C16H29BO2. The summed E-state index contributed by atoms with van der Waals surface area (Å²) < 4.78 is 12.8. The second-order valence-electron chi connectivity index (χ2n) is 8.44. The summed E-state index contributed by atoms with van der Waals surface area (Å²) in [6.45, 7) is 14.0. The first kappa shape index (κ1) is 13.9. The summed E-state index contributed by atoms with van der Waals surface area (Å²) in [5.41, 5.74) is 0.416. The third-order valence-electron chi connectivity index (χ3n) is 6.28. The summed E-state index contributed by atoms with van der Waals surface area (Å²) in [6, 6.07) is 0. The largest absolute Gasteiger partial charge is 0.460 e. The molecule has 1 saturated heterocycles. The predicted molar refractivity (Wildman–Crippen MR) is 79.0 cm³/mol. The fourth-order valence-corrected chi connectivity index (χ4v) is 5.00. The van der Waals surface area contributed by atoms with Crippen LogP contribution >= 0.6 is 0 Å². The lowest BCUT2D eigenvalue weighted by atomic mass is 9.43. The summed E-state index contributed by atoms with van der Waals surface area (Å²) in [5.74, 6) is 2.74. The van der Waals surface area contributed by atoms with Crippen LogP contribution in [0.25, 0.3) is 0 Å². The topological polar surface area (TPSA) is 18.5 Å². The fraction of sp³-hybridized carbons (Fsp3) is 1.00. The van der Waals surface area contributed by atoms with Crippen molar-refractivity contribution in [3.63, 3.8) is 0 Å². The Labute approximate surface area is 118 Å². The fourth-order valence-electron chi connectivity index (χ4n) is 5.00. The summed E-state index contributed by atoms with van der Waals surface area (Å²) in [5, 5.41) is 0. The Hall–Kier alpha value is -0.0151. The van der Waals surface area contributed by atoms with Crippen molar-refractivity contribution in [1.82, 2.24) is 0 Å². The molecule has 108 valence electrons. The van der Waals surface area contributed by atoms with Gasteiger partial charge in [-0.3, -0.25) is 0 Å². The predicted octanol–water partition coefficient (Wildman–Crippen LogP) is 4.15. The number of hydrogen-bond donors (Lipinski definition) is 0. The average molecular weight is 264 g/mol. The Morgan fingerprint density at radius 1 is 1.16 bits per heavy atom. The first-order valence-electron chi connectivity index (χ1n) is 8.08. The lowest BCUT2D eigenvalue weighted by Crippen LogP contribution is -2.65. The summed E-state index contributed by atoms with van der Waals surface area (Å²) in [7, 11) is 0.0209. The summed E-state index contributed by atoms with van der Waals surface area (Å²) in [6.07, 6.45) is 4.06. The Bertz CT molecular complexity index is 368. The van der Waals surface area contributed by atoms with Gasteiger partial charge in [-0.05, 0) is 55.2 Å². The molecule has 1 unspecified atom stereocenters. The smallest absolute Gasteiger partial charge is 0.405 e. The second kappa shape index (κ2) is 4.24. The van der Waals surface area contributed by atoms with Gasteiger partial charge in [0.1, 0.15) is 0 Å². The van der Waals surface area contributed by atoms with Crippen molar-refractivity contribution in [2.45, 2.75) is 78.3 Å². The molecule has 4 rings (SSSR count). The molecular weight excluding hydrogens is 235 g/mol. The highest BCUT2D eigenvalue weighted by molar-refractivity contribution is 6.47. The number of hydrogen-bond acceptors (Lipinski definition) is 2. The molecule has 2 bridgehead atoms. The van der Waals surface area contributed by atoms with Crippen LogP contribution in [0.15, 0.2) is 0 Å². The molecule has 3 saturated carbocycles. The van der Waals surface area contributed by atoms with Crippen LogP contribution in [-0.4, -0.2) is 18.8 Å². The monoisotopic (exact) mass is 264 g/mol. The minimum atomic E-state index is -0.0336. The van der Waals surface area contributed by atoms with Crippen LogP contribution in [0, 0.1) is 23.2 Å². The van der Waals surface area contributed by atoms with E-state index < -0.39 is 0 Å². The highest BCUT2D eigenvalue weighted by Crippen LogP contribution is 2.66. The van der Waals surface area contributed by atoms with Crippen LogP contribution in [0.4, 0.5) is 0 Å². The maximum absolute atomic E-state index is 6.48. The molecule has 3 heteroatoms. The quantitative estimate of drug-likeness (QED) is 0.713. The molecule has 0 spiro atoms. The molecule has 1 aliphatic heterocycles. The third kappa shape index (κ3) is 1.92. The van der Waals surface area contributed by atoms with E-state index in [2.05, 4.69) is 41.5 Å². The van der Waals surface area contributed by atoms with Crippen molar-refractivity contribution in [2.24, 2.45) is 23.2 Å². The first-order valence-corrected chi connectivity index (χ1v) is 8.08. The van der Waals surface area contributed by atoms with E-state index in [-0.39, 0.29) is 12.7 Å². The van der Waals surface area contributed by atoms with Gasteiger partial charge < -0.3 is 9.31 Å². The molecule has 5 atom stereocenters. The summed E-state index contributed by atoms with van der Waals surface area (Å²) in [4.78, 5) is 0. The molecule has 0 aromatic heterocycles. The minimum Gasteiger partial charge on any atom is -0.405 e. The molecule has 0 radical (unpaired) electrons. The van der Waals surface area contributed by atoms with Gasteiger partial charge in [-0.2, -0.15) is 0 Å². The minimum absolute atomic E-state index is 0.0209. The molecule has 4 fully saturated rings. The van der Waals surface area contributed by atoms with Crippen LogP contribution in [0.2, 0.25) is 5.82 Å². The zero-order valence-corrected chi connectivity index (χ0v) is 13.4. The Balaban J connectivity index is 1.74. The Morgan fingerprint density at radius 3 is 2.42 bits per heavy atom. The van der Waals surface area contributed by atoms with E-state index >= 15 is 0 Å². The van der Waals surface area contributed by atoms with Crippen molar-refractivity contribution >= 4 is 7.12 Å². The highest BCUT2D eigenvalue weighted by Gasteiger charge is 2.68. The van der Waals surface area contributed by atoms with Gasteiger partial charge in [0.05, 0.1) is 11.7 Å². The van der Waals surface area contributed by atoms with Gasteiger partial charge in [0.25, 0.3) is 0 Å². The zero-order valence-electron chi connectivity index (χ0n) is 13.4. The van der Waals surface area contributed by atoms with Crippen molar-refractivity contribution in [1.29, 1.82) is 0 Å². The van der Waals surface area contributed by atoms with Crippen molar-refractivity contribution in [3.8, 4) is 0 Å². The molecule has 4 aliphatic rings. The van der Waals surface area contributed by atoms with E-state index in [1.807, 2.05) is 0 Å². The molecule has 19 heavy (non-hydrogen) atoms. The highest BCUT2D eigenvalue weighted by atomic mass is 16.7. The number of rotatable bonds is 3. The van der Waals surface area contributed by atoms with E-state index in [1.54, 1.807) is 0 Å². The van der Waals surface area contributed by atoms with Gasteiger partial charge in [0, 0.05) is 0 Å². The van der Waals surface area contributed by atoms with E-state index in [1.165, 1.54) is 19.3 Å². The van der Waals surface area contributed by atoms with E-state index in [0.29, 0.717) is 29.2 Å². The maximum atomic E-state index is 6.48. The second-order valence-corrected chi connectivity index (χ2v) is 8.44. The van der Waals surface area contributed by atoms with Gasteiger partial charge in [0.2, 0.25) is 0 Å². The van der Waals surface area contributed by atoms with Crippen molar-refractivity contribution < 1.29 is 9.31 Å².